The van der Waals surface area contributed by atoms with Crippen LogP contribution in [0.4, 0.5) is 0 Å². The molecule has 0 aliphatic rings. The van der Waals surface area contributed by atoms with Gasteiger partial charge in [-0.25, -0.2) is 0 Å². The summed E-state index contributed by atoms with van der Waals surface area (Å²) in [5.74, 6) is -1.32. The van der Waals surface area contributed by atoms with Gasteiger partial charge in [-0.1, -0.05) is 0 Å². The van der Waals surface area contributed by atoms with Crippen molar-refractivity contribution < 1.29 is 14.3 Å². The first-order valence-corrected chi connectivity index (χ1v) is 4.98. The van der Waals surface area contributed by atoms with Crippen LogP contribution in [0.15, 0.2) is 0 Å². The molecular weight excluding hydrogens is 198 g/mol. The summed E-state index contributed by atoms with van der Waals surface area (Å²) in [7, 11) is 0. The summed E-state index contributed by atoms with van der Waals surface area (Å²) in [6.07, 6.45) is 0. The number of rotatable bonds is 6. The number of carbonyl (C=O) groups excluding carboxylic acids is 2. The maximum atomic E-state index is 11.2. The van der Waals surface area contributed by atoms with E-state index in [1.54, 1.807) is 6.92 Å². The molecule has 88 valence electrons. The van der Waals surface area contributed by atoms with Crippen molar-refractivity contribution in [3.8, 4) is 0 Å². The minimum atomic E-state index is -0.663. The second-order valence-electron chi connectivity index (χ2n) is 3.08. The minimum Gasteiger partial charge on any atom is -0.380 e. The second-order valence-corrected chi connectivity index (χ2v) is 3.08. The second kappa shape index (κ2) is 8.19. The summed E-state index contributed by atoms with van der Waals surface area (Å²) >= 11 is 0. The van der Waals surface area contributed by atoms with Gasteiger partial charge >= 0.3 is 11.8 Å². The van der Waals surface area contributed by atoms with Crippen LogP contribution in [0.2, 0.25) is 0 Å². The minimum absolute atomic E-state index is 0.180. The molecule has 6 nitrogen and oxygen atoms in total. The first kappa shape index (κ1) is 13.9. The van der Waals surface area contributed by atoms with Crippen LogP contribution in [0, 0.1) is 0 Å². The molecule has 4 N–H and O–H groups in total. The summed E-state index contributed by atoms with van der Waals surface area (Å²) in [5, 5.41) is 4.88. The number of carbonyl (C=O) groups is 2. The van der Waals surface area contributed by atoms with Gasteiger partial charge in [-0.2, -0.15) is 0 Å². The third kappa shape index (κ3) is 6.87. The highest BCUT2D eigenvalue weighted by Crippen LogP contribution is 1.84. The van der Waals surface area contributed by atoms with Crippen LogP contribution in [0.3, 0.4) is 0 Å². The Kier molecular flexibility index (Phi) is 7.57. The van der Waals surface area contributed by atoms with E-state index in [0.717, 1.165) is 0 Å². The van der Waals surface area contributed by atoms with Crippen LogP contribution < -0.4 is 16.4 Å². The number of amides is 2. The first-order valence-electron chi connectivity index (χ1n) is 4.98. The molecule has 0 aromatic rings. The Labute approximate surface area is 89.5 Å². The smallest absolute Gasteiger partial charge is 0.309 e. The fourth-order valence-corrected chi connectivity index (χ4v) is 0.892. The summed E-state index contributed by atoms with van der Waals surface area (Å²) in [4.78, 5) is 22.3. The quantitative estimate of drug-likeness (QED) is 0.477. The Morgan fingerprint density at radius 2 is 2.07 bits per heavy atom. The highest BCUT2D eigenvalue weighted by Gasteiger charge is 2.14. The third-order valence-electron chi connectivity index (χ3n) is 1.59. The van der Waals surface area contributed by atoms with Gasteiger partial charge in [-0.05, 0) is 13.8 Å². The van der Waals surface area contributed by atoms with Crippen LogP contribution in [0.25, 0.3) is 0 Å². The molecule has 0 fully saturated rings. The predicted octanol–water partition coefficient (Wildman–Crippen LogP) is -1.40. The molecule has 0 bridgehead atoms. The van der Waals surface area contributed by atoms with Crippen LogP contribution in [0.1, 0.15) is 13.8 Å². The lowest BCUT2D eigenvalue weighted by molar-refractivity contribution is -0.139. The van der Waals surface area contributed by atoms with Gasteiger partial charge in [0.25, 0.3) is 0 Å². The lowest BCUT2D eigenvalue weighted by atomic mass is 10.3. The molecule has 0 aliphatic carbocycles. The molecule has 0 aromatic heterocycles. The largest absolute Gasteiger partial charge is 0.380 e. The Morgan fingerprint density at radius 1 is 1.40 bits per heavy atom. The third-order valence-corrected chi connectivity index (χ3v) is 1.59. The molecule has 0 saturated heterocycles. The molecule has 0 heterocycles. The Morgan fingerprint density at radius 3 is 2.60 bits per heavy atom. The fourth-order valence-electron chi connectivity index (χ4n) is 0.892. The number of hydrogen-bond acceptors (Lipinski definition) is 4. The van der Waals surface area contributed by atoms with Crippen molar-refractivity contribution in [1.82, 2.24) is 10.6 Å². The Bertz CT molecular complexity index is 209. The van der Waals surface area contributed by atoms with Crippen molar-refractivity contribution in [2.75, 3.05) is 26.3 Å². The van der Waals surface area contributed by atoms with E-state index >= 15 is 0 Å². The average molecular weight is 217 g/mol. The summed E-state index contributed by atoms with van der Waals surface area (Å²) < 4.78 is 5.09. The molecular formula is C9H19N3O3. The van der Waals surface area contributed by atoms with E-state index in [-0.39, 0.29) is 6.04 Å². The van der Waals surface area contributed by atoms with Gasteiger partial charge in [0.05, 0.1) is 6.61 Å². The zero-order valence-electron chi connectivity index (χ0n) is 9.21. The van der Waals surface area contributed by atoms with Gasteiger partial charge in [0.15, 0.2) is 0 Å². The number of ether oxygens (including phenoxy) is 1. The van der Waals surface area contributed by atoms with Gasteiger partial charge in [-0.15, -0.1) is 0 Å². The summed E-state index contributed by atoms with van der Waals surface area (Å²) in [5.41, 5.74) is 5.18. The zero-order chi connectivity index (χ0) is 11.7. The van der Waals surface area contributed by atoms with E-state index in [9.17, 15) is 9.59 Å². The summed E-state index contributed by atoms with van der Waals surface area (Å²) in [6.45, 7) is 5.22. The van der Waals surface area contributed by atoms with E-state index in [1.165, 1.54) is 0 Å². The number of nitrogens with one attached hydrogen (secondary N) is 2. The maximum Gasteiger partial charge on any atom is 0.309 e. The fraction of sp³-hybridized carbons (Fsp3) is 0.778. The molecule has 2 amide bonds. The highest BCUT2D eigenvalue weighted by molar-refractivity contribution is 6.35. The van der Waals surface area contributed by atoms with Gasteiger partial charge < -0.3 is 21.1 Å². The maximum absolute atomic E-state index is 11.2. The van der Waals surface area contributed by atoms with E-state index in [2.05, 4.69) is 10.6 Å². The van der Waals surface area contributed by atoms with Crippen molar-refractivity contribution >= 4 is 11.8 Å². The predicted molar refractivity (Wildman–Crippen MR) is 56.2 cm³/mol. The molecule has 0 aliphatic heterocycles. The number of hydrogen-bond donors (Lipinski definition) is 3. The van der Waals surface area contributed by atoms with Crippen LogP contribution in [-0.2, 0) is 14.3 Å². The molecule has 0 saturated carbocycles. The molecule has 15 heavy (non-hydrogen) atoms. The van der Waals surface area contributed by atoms with E-state index < -0.39 is 11.8 Å². The van der Waals surface area contributed by atoms with Crippen molar-refractivity contribution in [2.45, 2.75) is 19.9 Å². The van der Waals surface area contributed by atoms with E-state index in [0.29, 0.717) is 26.3 Å². The van der Waals surface area contributed by atoms with Crippen molar-refractivity contribution in [1.29, 1.82) is 0 Å². The van der Waals surface area contributed by atoms with Crippen LogP contribution in [0.5, 0.6) is 0 Å². The molecule has 0 aromatic carbocycles. The molecule has 0 radical (unpaired) electrons. The Balaban J connectivity index is 3.75. The highest BCUT2D eigenvalue weighted by atomic mass is 16.5. The molecule has 1 unspecified atom stereocenters. The summed E-state index contributed by atoms with van der Waals surface area (Å²) in [6, 6.07) is -0.180. The normalized spacial score (nSPS) is 11.9. The van der Waals surface area contributed by atoms with Gasteiger partial charge in [0.1, 0.15) is 0 Å². The van der Waals surface area contributed by atoms with E-state index in [4.69, 9.17) is 10.5 Å². The molecule has 1 atom stereocenters. The van der Waals surface area contributed by atoms with Crippen molar-refractivity contribution in [3.05, 3.63) is 0 Å². The monoisotopic (exact) mass is 217 g/mol. The van der Waals surface area contributed by atoms with Gasteiger partial charge in [0.2, 0.25) is 0 Å². The molecule has 0 rings (SSSR count). The molecule has 0 spiro atoms. The van der Waals surface area contributed by atoms with Crippen LogP contribution >= 0.6 is 0 Å². The van der Waals surface area contributed by atoms with Crippen molar-refractivity contribution in [3.63, 3.8) is 0 Å². The van der Waals surface area contributed by atoms with E-state index in [1.807, 2.05) is 6.92 Å². The van der Waals surface area contributed by atoms with Gasteiger partial charge in [-0.3, -0.25) is 9.59 Å². The lowest BCUT2D eigenvalue weighted by Gasteiger charge is -2.13. The van der Waals surface area contributed by atoms with Crippen molar-refractivity contribution in [2.24, 2.45) is 5.73 Å². The standard InChI is InChI=1S/C9H19N3O3/c1-3-15-6-7(2)12-9(14)8(13)11-5-4-10/h7H,3-6,10H2,1-2H3,(H,11,13)(H,12,14). The molecule has 6 heteroatoms. The van der Waals surface area contributed by atoms with Crippen LogP contribution in [-0.4, -0.2) is 44.2 Å². The van der Waals surface area contributed by atoms with Gasteiger partial charge in [0, 0.05) is 25.7 Å². The topological polar surface area (TPSA) is 93.4 Å². The zero-order valence-corrected chi connectivity index (χ0v) is 9.21. The Hall–Kier alpha value is -1.14. The average Bonchev–Trinajstić information content (AvgIpc) is 2.22. The number of nitrogens with two attached hydrogens (primary N) is 1. The SMILES string of the molecule is CCOCC(C)NC(=O)C(=O)NCCN. The first-order chi connectivity index (χ1) is 7.11. The lowest BCUT2D eigenvalue weighted by Crippen LogP contribution is -2.46.